The van der Waals surface area contributed by atoms with Crippen molar-refractivity contribution in [3.05, 3.63) is 27.1 Å². The number of amides is 1. The van der Waals surface area contributed by atoms with Crippen LogP contribution in [-0.2, 0) is 4.79 Å². The van der Waals surface area contributed by atoms with Gasteiger partial charge in [0.25, 0.3) is 5.91 Å². The topological polar surface area (TPSA) is 110 Å². The fraction of sp³-hybridized carbons (Fsp3) is 0.333. The zero-order valence-corrected chi connectivity index (χ0v) is 10.5. The first-order valence-electron chi connectivity index (χ1n) is 4.86. The smallest absolute Gasteiger partial charge is 0.422 e. The number of hydrogen-bond acceptors (Lipinski definition) is 5. The van der Waals surface area contributed by atoms with Crippen LogP contribution in [0.1, 0.15) is 16.6 Å². The van der Waals surface area contributed by atoms with Crippen LogP contribution < -0.4 is 5.32 Å². The highest BCUT2D eigenvalue weighted by Gasteiger charge is 2.58. The Balaban J connectivity index is 3.03. The van der Waals surface area contributed by atoms with E-state index in [4.69, 9.17) is 5.11 Å². The van der Waals surface area contributed by atoms with Crippen molar-refractivity contribution in [1.29, 1.82) is 0 Å². The highest BCUT2D eigenvalue weighted by Crippen LogP contribution is 2.31. The first kappa shape index (κ1) is 15.9. The van der Waals surface area contributed by atoms with Crippen molar-refractivity contribution in [2.45, 2.75) is 18.6 Å². The molecule has 1 heterocycles. The molecule has 0 radical (unpaired) electrons. The molecule has 0 bridgehead atoms. The van der Waals surface area contributed by atoms with Gasteiger partial charge >= 0.3 is 17.1 Å². The van der Waals surface area contributed by atoms with Crippen molar-refractivity contribution in [2.75, 3.05) is 0 Å². The number of nitrogens with one attached hydrogen (secondary N) is 1. The van der Waals surface area contributed by atoms with Crippen LogP contribution in [-0.4, -0.2) is 33.6 Å². The summed E-state index contributed by atoms with van der Waals surface area (Å²) in [6, 6.07) is 1.88. The summed E-state index contributed by atoms with van der Waals surface area (Å²) in [6.07, 6.45) is -5.22. The Morgan fingerprint density at radius 2 is 1.95 bits per heavy atom. The molecular formula is C9H7F3N2O5S. The van der Waals surface area contributed by atoms with Gasteiger partial charge < -0.3 is 10.4 Å². The highest BCUT2D eigenvalue weighted by molar-refractivity contribution is 7.17. The summed E-state index contributed by atoms with van der Waals surface area (Å²) < 4.78 is 38.0. The molecule has 1 aromatic rings. The zero-order chi connectivity index (χ0) is 15.7. The van der Waals surface area contributed by atoms with Gasteiger partial charge in [0.05, 0.1) is 9.80 Å². The molecule has 20 heavy (non-hydrogen) atoms. The lowest BCUT2D eigenvalue weighted by molar-refractivity contribution is -0.380. The molecule has 0 aromatic carbocycles. The number of carboxylic acids is 1. The minimum Gasteiger partial charge on any atom is -0.479 e. The van der Waals surface area contributed by atoms with E-state index in [0.717, 1.165) is 12.1 Å². The van der Waals surface area contributed by atoms with Gasteiger partial charge in [-0.2, -0.15) is 13.2 Å². The highest BCUT2D eigenvalue weighted by atomic mass is 32.1. The van der Waals surface area contributed by atoms with E-state index in [-0.39, 0.29) is 6.92 Å². The van der Waals surface area contributed by atoms with Crippen LogP contribution in [0.5, 0.6) is 0 Å². The standard InChI is InChI=1S/C9H7F3N2O5S/c1-8(7(16)17,9(10,11)12)13-6(15)4-2-3-5(20-4)14(18)19/h2-3H,1H3,(H,13,15)(H,16,17). The lowest BCUT2D eigenvalue weighted by Crippen LogP contribution is -2.61. The summed E-state index contributed by atoms with van der Waals surface area (Å²) in [5.74, 6) is -3.64. The molecule has 1 amide bonds. The Kier molecular flexibility index (Phi) is 4.03. The van der Waals surface area contributed by atoms with E-state index in [9.17, 15) is 32.9 Å². The third kappa shape index (κ3) is 2.87. The van der Waals surface area contributed by atoms with Gasteiger partial charge in [-0.3, -0.25) is 14.9 Å². The van der Waals surface area contributed by atoms with Crippen LogP contribution in [0, 0.1) is 10.1 Å². The first-order valence-corrected chi connectivity index (χ1v) is 5.67. The maximum Gasteiger partial charge on any atom is 0.422 e. The predicted molar refractivity (Wildman–Crippen MR) is 60.5 cm³/mol. The van der Waals surface area contributed by atoms with Crippen LogP contribution in [0.25, 0.3) is 0 Å². The minimum atomic E-state index is -5.22. The molecule has 0 aliphatic rings. The quantitative estimate of drug-likeness (QED) is 0.650. The molecule has 7 nitrogen and oxygen atoms in total. The molecule has 1 atom stereocenters. The number of rotatable bonds is 4. The van der Waals surface area contributed by atoms with Crippen LogP contribution in [0.4, 0.5) is 18.2 Å². The number of hydrogen-bond donors (Lipinski definition) is 2. The van der Waals surface area contributed by atoms with Gasteiger partial charge in [0, 0.05) is 6.07 Å². The van der Waals surface area contributed by atoms with E-state index < -0.39 is 38.4 Å². The van der Waals surface area contributed by atoms with Gasteiger partial charge in [-0.05, 0) is 13.0 Å². The number of carboxylic acid groups (broad SMARTS) is 1. The second-order valence-corrected chi connectivity index (χ2v) is 4.84. The Bertz CT molecular complexity index is 570. The number of alkyl halides is 3. The summed E-state index contributed by atoms with van der Waals surface area (Å²) in [5.41, 5.74) is -3.48. The second-order valence-electron chi connectivity index (χ2n) is 3.78. The van der Waals surface area contributed by atoms with Crippen LogP contribution in [0.3, 0.4) is 0 Å². The van der Waals surface area contributed by atoms with Crippen molar-refractivity contribution in [2.24, 2.45) is 0 Å². The second kappa shape index (κ2) is 5.07. The lowest BCUT2D eigenvalue weighted by atomic mass is 10.0. The van der Waals surface area contributed by atoms with Gasteiger partial charge in [0.15, 0.2) is 0 Å². The molecule has 2 N–H and O–H groups in total. The fourth-order valence-corrected chi connectivity index (χ4v) is 1.80. The van der Waals surface area contributed by atoms with E-state index in [1.807, 2.05) is 0 Å². The van der Waals surface area contributed by atoms with E-state index in [1.165, 1.54) is 5.32 Å². The number of thiophene rings is 1. The normalized spacial score (nSPS) is 14.4. The molecule has 0 fully saturated rings. The summed E-state index contributed by atoms with van der Waals surface area (Å²) >= 11 is 0.341. The Labute approximate surface area is 113 Å². The molecule has 0 aliphatic heterocycles. The van der Waals surface area contributed by atoms with Crippen molar-refractivity contribution in [3.8, 4) is 0 Å². The first-order chi connectivity index (χ1) is 8.99. The van der Waals surface area contributed by atoms with Crippen molar-refractivity contribution < 1.29 is 32.8 Å². The number of carbonyl (C=O) groups excluding carboxylic acids is 1. The molecule has 1 unspecified atom stereocenters. The van der Waals surface area contributed by atoms with Crippen LogP contribution in [0.2, 0.25) is 0 Å². The maximum absolute atomic E-state index is 12.7. The molecule has 0 aliphatic carbocycles. The van der Waals surface area contributed by atoms with Crippen LogP contribution >= 0.6 is 11.3 Å². The average molecular weight is 312 g/mol. The number of carbonyl (C=O) groups is 2. The average Bonchev–Trinajstić information content (AvgIpc) is 2.76. The van der Waals surface area contributed by atoms with Crippen molar-refractivity contribution in [1.82, 2.24) is 5.32 Å². The number of nitrogens with zero attached hydrogens (tertiary/aromatic N) is 1. The SMILES string of the molecule is CC(NC(=O)c1ccc([N+](=O)[O-])s1)(C(=O)O)C(F)(F)F. The Morgan fingerprint density at radius 3 is 2.30 bits per heavy atom. The van der Waals surface area contributed by atoms with Crippen LogP contribution in [0.15, 0.2) is 12.1 Å². The summed E-state index contributed by atoms with van der Waals surface area (Å²) in [4.78, 5) is 31.5. The summed E-state index contributed by atoms with van der Waals surface area (Å²) in [7, 11) is 0. The van der Waals surface area contributed by atoms with E-state index in [1.54, 1.807) is 0 Å². The largest absolute Gasteiger partial charge is 0.479 e. The molecule has 0 spiro atoms. The number of halogens is 3. The predicted octanol–water partition coefficient (Wildman–Crippen LogP) is 1.79. The fourth-order valence-electron chi connectivity index (χ4n) is 1.08. The summed E-state index contributed by atoms with van der Waals surface area (Å²) in [6.45, 7) is 0.287. The minimum absolute atomic E-state index is 0.287. The van der Waals surface area contributed by atoms with E-state index >= 15 is 0 Å². The maximum atomic E-state index is 12.7. The third-order valence-electron chi connectivity index (χ3n) is 2.35. The molecule has 0 saturated heterocycles. The number of aliphatic carboxylic acids is 1. The van der Waals surface area contributed by atoms with E-state index in [2.05, 4.69) is 0 Å². The van der Waals surface area contributed by atoms with Gasteiger partial charge in [-0.15, -0.1) is 0 Å². The molecule has 1 rings (SSSR count). The summed E-state index contributed by atoms with van der Waals surface area (Å²) in [5, 5.41) is 19.9. The van der Waals surface area contributed by atoms with Gasteiger partial charge in [0.2, 0.25) is 5.54 Å². The lowest BCUT2D eigenvalue weighted by Gasteiger charge is -2.28. The monoisotopic (exact) mass is 312 g/mol. The number of nitro groups is 1. The Hall–Kier alpha value is -2.17. The van der Waals surface area contributed by atoms with Gasteiger partial charge in [-0.1, -0.05) is 11.3 Å². The van der Waals surface area contributed by atoms with Crippen molar-refractivity contribution >= 4 is 28.2 Å². The molecular weight excluding hydrogens is 305 g/mol. The zero-order valence-electron chi connectivity index (χ0n) is 9.72. The third-order valence-corrected chi connectivity index (χ3v) is 3.39. The molecule has 0 saturated carbocycles. The molecule has 110 valence electrons. The van der Waals surface area contributed by atoms with Gasteiger partial charge in [0.1, 0.15) is 0 Å². The van der Waals surface area contributed by atoms with E-state index in [0.29, 0.717) is 11.3 Å². The molecule has 11 heteroatoms. The Morgan fingerprint density at radius 1 is 1.40 bits per heavy atom. The van der Waals surface area contributed by atoms with Gasteiger partial charge in [-0.25, -0.2) is 4.79 Å². The van der Waals surface area contributed by atoms with Crippen molar-refractivity contribution in [3.63, 3.8) is 0 Å². The molecule has 1 aromatic heterocycles.